The van der Waals surface area contributed by atoms with Crippen LogP contribution in [-0.2, 0) is 23.0 Å². The van der Waals surface area contributed by atoms with Crippen LogP contribution in [0.25, 0.3) is 0 Å². The minimum atomic E-state index is -3.78. The van der Waals surface area contributed by atoms with Crippen LogP contribution in [0.15, 0.2) is 35.2 Å². The lowest BCUT2D eigenvalue weighted by atomic mass is 10.1. The van der Waals surface area contributed by atoms with E-state index in [-0.39, 0.29) is 28.9 Å². The van der Waals surface area contributed by atoms with Gasteiger partial charge in [0, 0.05) is 30.2 Å². The quantitative estimate of drug-likeness (QED) is 0.497. The van der Waals surface area contributed by atoms with Crippen LogP contribution in [0, 0.1) is 10.1 Å². The summed E-state index contributed by atoms with van der Waals surface area (Å²) < 4.78 is 37.5. The van der Waals surface area contributed by atoms with Crippen LogP contribution < -0.4 is 19.5 Å². The molecular weight excluding hydrogens is 398 g/mol. The summed E-state index contributed by atoms with van der Waals surface area (Å²) in [5.41, 5.74) is 1.74. The Hall–Kier alpha value is -2.85. The highest BCUT2D eigenvalue weighted by Gasteiger charge is 2.23. The van der Waals surface area contributed by atoms with Crippen molar-refractivity contribution in [2.75, 3.05) is 19.0 Å². The maximum Gasteiger partial charge on any atom is 0.293 e. The Morgan fingerprint density at radius 3 is 2.72 bits per heavy atom. The van der Waals surface area contributed by atoms with Crippen molar-refractivity contribution >= 4 is 21.4 Å². The van der Waals surface area contributed by atoms with E-state index in [4.69, 9.17) is 9.47 Å². The van der Waals surface area contributed by atoms with Crippen molar-refractivity contribution in [3.63, 3.8) is 0 Å². The van der Waals surface area contributed by atoms with Gasteiger partial charge in [-0.1, -0.05) is 0 Å². The molecule has 0 aromatic heterocycles. The van der Waals surface area contributed by atoms with Crippen molar-refractivity contribution in [3.05, 3.63) is 51.6 Å². The maximum atomic E-state index is 11.9. The zero-order chi connectivity index (χ0) is 21.2. The molecule has 2 N–H and O–H groups in total. The third-order valence-electron chi connectivity index (χ3n) is 4.59. The summed E-state index contributed by atoms with van der Waals surface area (Å²) >= 11 is 0. The first-order valence-corrected chi connectivity index (χ1v) is 10.6. The molecule has 0 bridgehead atoms. The van der Waals surface area contributed by atoms with Gasteiger partial charge in [-0.05, 0) is 45.2 Å². The van der Waals surface area contributed by atoms with Gasteiger partial charge >= 0.3 is 0 Å². The van der Waals surface area contributed by atoms with Crippen LogP contribution in [-0.4, -0.2) is 33.1 Å². The first-order chi connectivity index (χ1) is 13.7. The Balaban J connectivity index is 1.90. The van der Waals surface area contributed by atoms with Crippen LogP contribution in [0.4, 0.5) is 11.4 Å². The number of hydrogen-bond donors (Lipinski definition) is 2. The van der Waals surface area contributed by atoms with Gasteiger partial charge in [-0.25, -0.2) is 13.1 Å². The molecule has 3 rings (SSSR count). The molecule has 1 aliphatic heterocycles. The Labute approximate surface area is 169 Å². The molecule has 1 aliphatic rings. The fourth-order valence-electron chi connectivity index (χ4n) is 3.20. The minimum Gasteiger partial charge on any atom is -0.494 e. The second kappa shape index (κ2) is 8.26. The highest BCUT2D eigenvalue weighted by atomic mass is 32.2. The zero-order valence-electron chi connectivity index (χ0n) is 16.4. The Bertz CT molecular complexity index is 1040. The van der Waals surface area contributed by atoms with E-state index in [1.165, 1.54) is 19.2 Å². The zero-order valence-corrected chi connectivity index (χ0v) is 17.2. The van der Waals surface area contributed by atoms with Gasteiger partial charge in [0.1, 0.15) is 23.3 Å². The van der Waals surface area contributed by atoms with Crippen molar-refractivity contribution < 1.29 is 22.8 Å². The second-order valence-electron chi connectivity index (χ2n) is 6.63. The van der Waals surface area contributed by atoms with E-state index >= 15 is 0 Å². The molecule has 0 radical (unpaired) electrons. The predicted octanol–water partition coefficient (Wildman–Crippen LogP) is 2.84. The number of hydrogen-bond acceptors (Lipinski definition) is 7. The molecule has 0 saturated carbocycles. The molecule has 0 saturated heterocycles. The van der Waals surface area contributed by atoms with E-state index in [0.29, 0.717) is 12.4 Å². The summed E-state index contributed by atoms with van der Waals surface area (Å²) in [4.78, 5) is 10.7. The van der Waals surface area contributed by atoms with E-state index < -0.39 is 14.9 Å². The molecule has 156 valence electrons. The summed E-state index contributed by atoms with van der Waals surface area (Å²) in [7, 11) is -2.53. The fraction of sp³-hybridized carbons (Fsp3) is 0.368. The third kappa shape index (κ3) is 4.43. The van der Waals surface area contributed by atoms with Gasteiger partial charge in [0.15, 0.2) is 0 Å². The lowest BCUT2D eigenvalue weighted by molar-refractivity contribution is -0.384. The average Bonchev–Trinajstić information content (AvgIpc) is 3.04. The molecule has 0 aliphatic carbocycles. The van der Waals surface area contributed by atoms with Gasteiger partial charge in [0.2, 0.25) is 10.0 Å². The van der Waals surface area contributed by atoms with E-state index in [0.717, 1.165) is 29.4 Å². The molecule has 0 spiro atoms. The number of rotatable bonds is 8. The van der Waals surface area contributed by atoms with Crippen LogP contribution in [0.1, 0.15) is 25.0 Å². The highest BCUT2D eigenvalue weighted by Crippen LogP contribution is 2.36. The maximum absolute atomic E-state index is 11.9. The van der Waals surface area contributed by atoms with Gasteiger partial charge in [0.25, 0.3) is 5.69 Å². The highest BCUT2D eigenvalue weighted by molar-refractivity contribution is 7.89. The van der Waals surface area contributed by atoms with Gasteiger partial charge in [-0.15, -0.1) is 0 Å². The predicted molar refractivity (Wildman–Crippen MR) is 108 cm³/mol. The van der Waals surface area contributed by atoms with Gasteiger partial charge in [0.05, 0.1) is 16.4 Å². The summed E-state index contributed by atoms with van der Waals surface area (Å²) in [5.74, 6) is 1.47. The summed E-state index contributed by atoms with van der Waals surface area (Å²) in [6.45, 7) is 4.61. The standard InChI is InChI=1S/C19H23N3O6S/c1-4-27-18-8-13-7-12(2)28-19(13)9-14(18)11-21-16-6-5-15(29(25,26)20-3)10-17(16)22(23)24/h5-6,8-10,12,20-21H,4,7,11H2,1-3H3/t12-/m1/s1. The molecule has 1 atom stereocenters. The Kier molecular flexibility index (Phi) is 5.94. The van der Waals surface area contributed by atoms with E-state index in [9.17, 15) is 18.5 Å². The molecule has 2 aromatic rings. The topological polar surface area (TPSA) is 120 Å². The van der Waals surface area contributed by atoms with Crippen molar-refractivity contribution in [2.24, 2.45) is 0 Å². The average molecular weight is 421 g/mol. The van der Waals surface area contributed by atoms with Crippen LogP contribution in [0.2, 0.25) is 0 Å². The first kappa shape index (κ1) is 20.9. The van der Waals surface area contributed by atoms with Gasteiger partial charge in [-0.3, -0.25) is 10.1 Å². The van der Waals surface area contributed by atoms with Crippen LogP contribution >= 0.6 is 0 Å². The van der Waals surface area contributed by atoms with E-state index in [2.05, 4.69) is 10.0 Å². The van der Waals surface area contributed by atoms with Crippen LogP contribution in [0.5, 0.6) is 11.5 Å². The summed E-state index contributed by atoms with van der Waals surface area (Å²) in [6, 6.07) is 7.55. The fourth-order valence-corrected chi connectivity index (χ4v) is 3.95. The van der Waals surface area contributed by atoms with Gasteiger partial charge < -0.3 is 14.8 Å². The largest absolute Gasteiger partial charge is 0.494 e. The third-order valence-corrected chi connectivity index (χ3v) is 6.01. The number of nitrogens with zero attached hydrogens (tertiary/aromatic N) is 1. The number of sulfonamides is 1. The number of nitrogens with one attached hydrogen (secondary N) is 2. The molecule has 0 amide bonds. The number of nitro groups is 1. The Morgan fingerprint density at radius 2 is 2.07 bits per heavy atom. The Morgan fingerprint density at radius 1 is 1.31 bits per heavy atom. The number of fused-ring (bicyclic) bond motifs is 1. The summed E-state index contributed by atoms with van der Waals surface area (Å²) in [6.07, 6.45) is 0.890. The lowest BCUT2D eigenvalue weighted by Gasteiger charge is -2.14. The first-order valence-electron chi connectivity index (χ1n) is 9.16. The lowest BCUT2D eigenvalue weighted by Crippen LogP contribution is -2.18. The van der Waals surface area contributed by atoms with Gasteiger partial charge in [-0.2, -0.15) is 0 Å². The summed E-state index contributed by atoms with van der Waals surface area (Å²) in [5, 5.41) is 14.5. The number of ether oxygens (including phenoxy) is 2. The van der Waals surface area contributed by atoms with Crippen molar-refractivity contribution in [1.82, 2.24) is 4.72 Å². The number of benzene rings is 2. The smallest absolute Gasteiger partial charge is 0.293 e. The van der Waals surface area contributed by atoms with Crippen molar-refractivity contribution in [2.45, 2.75) is 37.8 Å². The number of anilines is 1. The second-order valence-corrected chi connectivity index (χ2v) is 8.52. The molecular formula is C19H23N3O6S. The van der Waals surface area contributed by atoms with Crippen molar-refractivity contribution in [3.8, 4) is 11.5 Å². The van der Waals surface area contributed by atoms with Crippen LogP contribution in [0.3, 0.4) is 0 Å². The van der Waals surface area contributed by atoms with E-state index in [1.807, 2.05) is 26.0 Å². The SMILES string of the molecule is CCOc1cc2c(cc1CNc1ccc(S(=O)(=O)NC)cc1[N+](=O)[O-])O[C@H](C)C2. The number of nitro benzene ring substituents is 1. The molecule has 1 heterocycles. The van der Waals surface area contributed by atoms with Crippen molar-refractivity contribution in [1.29, 1.82) is 0 Å². The minimum absolute atomic E-state index is 0.0884. The molecule has 9 nitrogen and oxygen atoms in total. The molecule has 10 heteroatoms. The molecule has 2 aromatic carbocycles. The normalized spacial score (nSPS) is 15.5. The monoisotopic (exact) mass is 421 g/mol. The molecule has 0 unspecified atom stereocenters. The van der Waals surface area contributed by atoms with E-state index in [1.54, 1.807) is 0 Å². The molecule has 0 fully saturated rings. The molecule has 29 heavy (non-hydrogen) atoms.